The van der Waals surface area contributed by atoms with Gasteiger partial charge in [0.05, 0.1) is 5.69 Å². The minimum atomic E-state index is 0.243. The zero-order valence-electron chi connectivity index (χ0n) is 11.9. The smallest absolute Gasteiger partial charge is 0.185 e. The van der Waals surface area contributed by atoms with Crippen LogP contribution in [0.25, 0.3) is 0 Å². The fourth-order valence-electron chi connectivity index (χ4n) is 3.40. The Balaban J connectivity index is 1.67. The van der Waals surface area contributed by atoms with E-state index in [4.69, 9.17) is 10.7 Å². The molecular weight excluding hydrogens is 254 g/mol. The average Bonchev–Trinajstić information content (AvgIpc) is 2.85. The van der Waals surface area contributed by atoms with Crippen molar-refractivity contribution in [3.63, 3.8) is 0 Å². The number of nitrogens with two attached hydrogens (primary N) is 1. The molecule has 1 unspecified atom stereocenters. The van der Waals surface area contributed by atoms with Crippen LogP contribution in [0.4, 0.5) is 5.13 Å². The van der Waals surface area contributed by atoms with E-state index in [9.17, 15) is 0 Å². The van der Waals surface area contributed by atoms with Crippen molar-refractivity contribution in [2.24, 2.45) is 11.7 Å². The standard InChI is InChI=1S/C15H25N3S/c1-2-4-11-7-9-18(10-8-11)15-17-13-6-3-5-12(16)14(13)19-15/h11-12H,2-10,16H2,1H3. The van der Waals surface area contributed by atoms with Crippen molar-refractivity contribution in [3.8, 4) is 0 Å². The first-order valence-corrected chi connectivity index (χ1v) is 8.59. The van der Waals surface area contributed by atoms with E-state index < -0.39 is 0 Å². The maximum absolute atomic E-state index is 6.20. The summed E-state index contributed by atoms with van der Waals surface area (Å²) in [5.74, 6) is 0.943. The quantitative estimate of drug-likeness (QED) is 0.921. The lowest BCUT2D eigenvalue weighted by molar-refractivity contribution is 0.378. The normalized spacial score (nSPS) is 24.5. The first-order chi connectivity index (χ1) is 9.28. The molecule has 2 aliphatic rings. The zero-order valence-corrected chi connectivity index (χ0v) is 12.7. The van der Waals surface area contributed by atoms with Crippen LogP contribution in [-0.4, -0.2) is 18.1 Å². The second kappa shape index (κ2) is 5.80. The fourth-order valence-corrected chi connectivity index (χ4v) is 4.60. The molecule has 1 atom stereocenters. The van der Waals surface area contributed by atoms with Crippen molar-refractivity contribution >= 4 is 16.5 Å². The molecule has 1 aliphatic carbocycles. The summed E-state index contributed by atoms with van der Waals surface area (Å²) < 4.78 is 0. The summed E-state index contributed by atoms with van der Waals surface area (Å²) in [6.45, 7) is 4.67. The van der Waals surface area contributed by atoms with E-state index in [0.717, 1.165) is 18.8 Å². The second-order valence-corrected chi connectivity index (χ2v) is 7.03. The Bertz CT molecular complexity index is 421. The van der Waals surface area contributed by atoms with Gasteiger partial charge in [0, 0.05) is 24.0 Å². The Morgan fingerprint density at radius 3 is 2.79 bits per heavy atom. The minimum Gasteiger partial charge on any atom is -0.348 e. The van der Waals surface area contributed by atoms with Gasteiger partial charge in [-0.2, -0.15) is 0 Å². The number of hydrogen-bond acceptors (Lipinski definition) is 4. The Kier molecular flexibility index (Phi) is 4.08. The first-order valence-electron chi connectivity index (χ1n) is 7.78. The van der Waals surface area contributed by atoms with Crippen molar-refractivity contribution in [1.29, 1.82) is 0 Å². The fraction of sp³-hybridized carbons (Fsp3) is 0.800. The lowest BCUT2D eigenvalue weighted by Crippen LogP contribution is -2.33. The van der Waals surface area contributed by atoms with E-state index in [-0.39, 0.29) is 6.04 Å². The SMILES string of the molecule is CCCC1CCN(c2nc3c(s2)C(N)CCC3)CC1. The third kappa shape index (κ3) is 2.79. The summed E-state index contributed by atoms with van der Waals surface area (Å²) in [5.41, 5.74) is 7.49. The highest BCUT2D eigenvalue weighted by atomic mass is 32.1. The molecule has 1 aromatic rings. The first kappa shape index (κ1) is 13.4. The number of anilines is 1. The molecule has 4 heteroatoms. The minimum absolute atomic E-state index is 0.243. The third-order valence-electron chi connectivity index (χ3n) is 4.56. The molecular formula is C15H25N3S. The van der Waals surface area contributed by atoms with Crippen LogP contribution in [-0.2, 0) is 6.42 Å². The van der Waals surface area contributed by atoms with Crippen LogP contribution in [0.1, 0.15) is 62.1 Å². The molecule has 1 aliphatic heterocycles. The molecule has 1 saturated heterocycles. The highest BCUT2D eigenvalue weighted by molar-refractivity contribution is 7.15. The molecule has 2 heterocycles. The van der Waals surface area contributed by atoms with Gasteiger partial charge in [-0.25, -0.2) is 4.98 Å². The van der Waals surface area contributed by atoms with Crippen LogP contribution >= 0.6 is 11.3 Å². The Morgan fingerprint density at radius 1 is 1.32 bits per heavy atom. The van der Waals surface area contributed by atoms with Crippen molar-refractivity contribution in [2.45, 2.75) is 57.9 Å². The van der Waals surface area contributed by atoms with Gasteiger partial charge in [-0.15, -0.1) is 0 Å². The number of rotatable bonds is 3. The second-order valence-electron chi connectivity index (χ2n) is 6.03. The summed E-state index contributed by atoms with van der Waals surface area (Å²) in [4.78, 5) is 8.71. The van der Waals surface area contributed by atoms with Gasteiger partial charge in [0.2, 0.25) is 0 Å². The summed E-state index contributed by atoms with van der Waals surface area (Å²) in [6, 6.07) is 0.243. The zero-order chi connectivity index (χ0) is 13.2. The van der Waals surface area contributed by atoms with Crippen LogP contribution in [0.15, 0.2) is 0 Å². The molecule has 19 heavy (non-hydrogen) atoms. The molecule has 3 nitrogen and oxygen atoms in total. The summed E-state index contributed by atoms with van der Waals surface area (Å²) in [5, 5.41) is 1.23. The largest absolute Gasteiger partial charge is 0.348 e. The van der Waals surface area contributed by atoms with Crippen LogP contribution < -0.4 is 10.6 Å². The molecule has 106 valence electrons. The van der Waals surface area contributed by atoms with E-state index in [1.165, 1.54) is 60.9 Å². The molecule has 0 radical (unpaired) electrons. The van der Waals surface area contributed by atoms with E-state index in [1.54, 1.807) is 0 Å². The number of piperidine rings is 1. The van der Waals surface area contributed by atoms with Crippen LogP contribution in [0.2, 0.25) is 0 Å². The maximum Gasteiger partial charge on any atom is 0.185 e. The average molecular weight is 279 g/mol. The summed E-state index contributed by atoms with van der Waals surface area (Å²) in [6.07, 6.45) is 8.86. The van der Waals surface area contributed by atoms with Gasteiger partial charge in [0.1, 0.15) is 0 Å². The topological polar surface area (TPSA) is 42.2 Å². The molecule has 1 fully saturated rings. The van der Waals surface area contributed by atoms with Gasteiger partial charge in [-0.3, -0.25) is 0 Å². The maximum atomic E-state index is 6.20. The van der Waals surface area contributed by atoms with Crippen molar-refractivity contribution in [1.82, 2.24) is 4.98 Å². The lowest BCUT2D eigenvalue weighted by atomic mass is 9.93. The van der Waals surface area contributed by atoms with E-state index >= 15 is 0 Å². The van der Waals surface area contributed by atoms with Gasteiger partial charge in [0.25, 0.3) is 0 Å². The highest BCUT2D eigenvalue weighted by Gasteiger charge is 2.26. The van der Waals surface area contributed by atoms with E-state index in [2.05, 4.69) is 11.8 Å². The molecule has 0 bridgehead atoms. The Morgan fingerprint density at radius 2 is 2.11 bits per heavy atom. The highest BCUT2D eigenvalue weighted by Crippen LogP contribution is 2.37. The lowest BCUT2D eigenvalue weighted by Gasteiger charge is -2.31. The summed E-state index contributed by atoms with van der Waals surface area (Å²) in [7, 11) is 0. The molecule has 3 rings (SSSR count). The monoisotopic (exact) mass is 279 g/mol. The third-order valence-corrected chi connectivity index (χ3v) is 5.85. The Hall–Kier alpha value is -0.610. The predicted octanol–water partition coefficient (Wildman–Crippen LogP) is 3.50. The number of fused-ring (bicyclic) bond motifs is 1. The predicted molar refractivity (Wildman–Crippen MR) is 81.8 cm³/mol. The van der Waals surface area contributed by atoms with Gasteiger partial charge in [-0.05, 0) is 38.0 Å². The van der Waals surface area contributed by atoms with Crippen LogP contribution in [0.5, 0.6) is 0 Å². The molecule has 0 saturated carbocycles. The van der Waals surface area contributed by atoms with Gasteiger partial charge < -0.3 is 10.6 Å². The van der Waals surface area contributed by atoms with Crippen LogP contribution in [0, 0.1) is 5.92 Å². The van der Waals surface area contributed by atoms with Crippen molar-refractivity contribution < 1.29 is 0 Å². The molecule has 0 spiro atoms. The number of nitrogens with zero attached hydrogens (tertiary/aromatic N) is 2. The van der Waals surface area contributed by atoms with Gasteiger partial charge >= 0.3 is 0 Å². The number of hydrogen-bond donors (Lipinski definition) is 1. The van der Waals surface area contributed by atoms with Crippen molar-refractivity contribution in [3.05, 3.63) is 10.6 Å². The summed E-state index contributed by atoms with van der Waals surface area (Å²) >= 11 is 1.85. The van der Waals surface area contributed by atoms with Gasteiger partial charge in [0.15, 0.2) is 5.13 Å². The Labute approximate surface area is 120 Å². The molecule has 2 N–H and O–H groups in total. The molecule has 0 amide bonds. The van der Waals surface area contributed by atoms with E-state index in [0.29, 0.717) is 0 Å². The van der Waals surface area contributed by atoms with Gasteiger partial charge in [-0.1, -0.05) is 31.1 Å². The number of aryl methyl sites for hydroxylation is 1. The van der Waals surface area contributed by atoms with Crippen LogP contribution in [0.3, 0.4) is 0 Å². The molecule has 1 aromatic heterocycles. The molecule has 0 aromatic carbocycles. The number of thiazole rings is 1. The van der Waals surface area contributed by atoms with E-state index in [1.807, 2.05) is 11.3 Å². The van der Waals surface area contributed by atoms with Crippen molar-refractivity contribution in [2.75, 3.05) is 18.0 Å². The number of aromatic nitrogens is 1.